The maximum Gasteiger partial charge on any atom is 0.0709 e. The van der Waals surface area contributed by atoms with Crippen LogP contribution in [0, 0.1) is 0 Å². The van der Waals surface area contributed by atoms with Gasteiger partial charge in [0.25, 0.3) is 0 Å². The molecular formula is C19H17ClN2. The molecule has 0 aliphatic rings. The van der Waals surface area contributed by atoms with Crippen molar-refractivity contribution in [2.75, 3.05) is 19.0 Å². The predicted octanol–water partition coefficient (Wildman–Crippen LogP) is 5.12. The summed E-state index contributed by atoms with van der Waals surface area (Å²) >= 11 is 6.32. The zero-order valence-electron chi connectivity index (χ0n) is 12.6. The van der Waals surface area contributed by atoms with E-state index in [2.05, 4.69) is 46.3 Å². The summed E-state index contributed by atoms with van der Waals surface area (Å²) in [5.41, 5.74) is 4.28. The molecule has 0 saturated carbocycles. The lowest BCUT2D eigenvalue weighted by molar-refractivity contribution is 1.13. The minimum absolute atomic E-state index is 0.667. The number of rotatable bonds is 3. The van der Waals surface area contributed by atoms with Gasteiger partial charge in [0.1, 0.15) is 0 Å². The van der Waals surface area contributed by atoms with Gasteiger partial charge in [0.05, 0.1) is 10.5 Å². The molecular weight excluding hydrogens is 292 g/mol. The van der Waals surface area contributed by atoms with Crippen molar-refractivity contribution in [3.63, 3.8) is 0 Å². The lowest BCUT2D eigenvalue weighted by atomic mass is 10.1. The van der Waals surface area contributed by atoms with E-state index in [4.69, 9.17) is 11.6 Å². The Morgan fingerprint density at radius 1 is 0.955 bits per heavy atom. The van der Waals surface area contributed by atoms with Gasteiger partial charge in [0, 0.05) is 36.9 Å². The molecule has 3 aromatic rings. The quantitative estimate of drug-likeness (QED) is 0.667. The van der Waals surface area contributed by atoms with Crippen molar-refractivity contribution in [2.45, 2.75) is 0 Å². The van der Waals surface area contributed by atoms with Crippen LogP contribution >= 0.6 is 11.6 Å². The Labute approximate surface area is 135 Å². The molecule has 3 heteroatoms. The van der Waals surface area contributed by atoms with E-state index in [9.17, 15) is 0 Å². The molecule has 0 spiro atoms. The zero-order valence-corrected chi connectivity index (χ0v) is 13.4. The first-order valence-corrected chi connectivity index (χ1v) is 7.51. The van der Waals surface area contributed by atoms with Gasteiger partial charge < -0.3 is 4.90 Å². The second-order valence-electron chi connectivity index (χ2n) is 5.36. The van der Waals surface area contributed by atoms with Crippen LogP contribution in [0.3, 0.4) is 0 Å². The lowest BCUT2D eigenvalue weighted by Gasteiger charge is -2.11. The van der Waals surface area contributed by atoms with Crippen LogP contribution in [0.25, 0.3) is 23.1 Å². The molecule has 1 aromatic heterocycles. The molecule has 2 aromatic carbocycles. The largest absolute Gasteiger partial charge is 0.378 e. The van der Waals surface area contributed by atoms with Crippen molar-refractivity contribution in [2.24, 2.45) is 0 Å². The van der Waals surface area contributed by atoms with Crippen molar-refractivity contribution < 1.29 is 0 Å². The molecule has 2 nitrogen and oxygen atoms in total. The number of hydrogen-bond acceptors (Lipinski definition) is 2. The van der Waals surface area contributed by atoms with E-state index in [1.165, 1.54) is 5.69 Å². The topological polar surface area (TPSA) is 16.1 Å². The number of halogens is 1. The summed E-state index contributed by atoms with van der Waals surface area (Å²) in [5, 5.41) is 1.73. The van der Waals surface area contributed by atoms with Gasteiger partial charge in [-0.15, -0.1) is 0 Å². The summed E-state index contributed by atoms with van der Waals surface area (Å²) in [6.07, 6.45) is 5.84. The van der Waals surface area contributed by atoms with Crippen LogP contribution in [0.1, 0.15) is 11.1 Å². The number of anilines is 1. The molecule has 0 amide bonds. The fourth-order valence-electron chi connectivity index (χ4n) is 2.37. The fraction of sp³-hybridized carbons (Fsp3) is 0.105. The summed E-state index contributed by atoms with van der Waals surface area (Å²) in [6, 6.07) is 16.4. The number of hydrogen-bond donors (Lipinski definition) is 0. The molecule has 3 rings (SSSR count). The minimum Gasteiger partial charge on any atom is -0.378 e. The number of fused-ring (bicyclic) bond motifs is 1. The smallest absolute Gasteiger partial charge is 0.0709 e. The Morgan fingerprint density at radius 3 is 2.41 bits per heavy atom. The Hall–Kier alpha value is -2.32. The summed E-state index contributed by atoms with van der Waals surface area (Å²) in [4.78, 5) is 6.44. The molecule has 0 atom stereocenters. The third-order valence-electron chi connectivity index (χ3n) is 3.62. The van der Waals surface area contributed by atoms with E-state index in [1.54, 1.807) is 6.20 Å². The number of para-hydroxylation sites is 1. The molecule has 0 saturated heterocycles. The Kier molecular flexibility index (Phi) is 4.12. The first-order valence-electron chi connectivity index (χ1n) is 7.14. The maximum absolute atomic E-state index is 6.32. The monoisotopic (exact) mass is 308 g/mol. The third-order valence-corrected chi connectivity index (χ3v) is 3.92. The number of nitrogens with zero attached hydrogens (tertiary/aromatic N) is 2. The van der Waals surface area contributed by atoms with E-state index in [-0.39, 0.29) is 0 Å². The molecule has 0 unspecified atom stereocenters. The van der Waals surface area contributed by atoms with Crippen LogP contribution in [-0.4, -0.2) is 19.1 Å². The van der Waals surface area contributed by atoms with Crippen molar-refractivity contribution in [3.8, 4) is 0 Å². The maximum atomic E-state index is 6.32. The van der Waals surface area contributed by atoms with Crippen molar-refractivity contribution in [3.05, 3.63) is 70.9 Å². The second-order valence-corrected chi connectivity index (χ2v) is 5.76. The molecule has 1 heterocycles. The van der Waals surface area contributed by atoms with Crippen LogP contribution in [0.2, 0.25) is 5.02 Å². The highest BCUT2D eigenvalue weighted by atomic mass is 35.5. The van der Waals surface area contributed by atoms with E-state index in [1.807, 2.05) is 38.4 Å². The molecule has 0 fully saturated rings. The van der Waals surface area contributed by atoms with Gasteiger partial charge in [-0.1, -0.05) is 54.1 Å². The Balaban J connectivity index is 1.97. The summed E-state index contributed by atoms with van der Waals surface area (Å²) in [5.74, 6) is 0. The third kappa shape index (κ3) is 2.97. The highest BCUT2D eigenvalue weighted by Gasteiger charge is 2.04. The van der Waals surface area contributed by atoms with Gasteiger partial charge in [0.2, 0.25) is 0 Å². The van der Waals surface area contributed by atoms with Crippen LogP contribution < -0.4 is 4.90 Å². The highest BCUT2D eigenvalue weighted by molar-refractivity contribution is 6.33. The fourth-order valence-corrected chi connectivity index (χ4v) is 2.58. The van der Waals surface area contributed by atoms with Gasteiger partial charge in [-0.2, -0.15) is 0 Å². The SMILES string of the molecule is CN(C)c1ccc(C=Cc2c(Cl)cnc3ccccc23)cc1. The van der Waals surface area contributed by atoms with Gasteiger partial charge in [-0.25, -0.2) is 0 Å². The van der Waals surface area contributed by atoms with Crippen LogP contribution in [0.15, 0.2) is 54.7 Å². The number of pyridine rings is 1. The Morgan fingerprint density at radius 2 is 1.68 bits per heavy atom. The van der Waals surface area contributed by atoms with Gasteiger partial charge >= 0.3 is 0 Å². The van der Waals surface area contributed by atoms with E-state index in [0.717, 1.165) is 22.0 Å². The van der Waals surface area contributed by atoms with E-state index >= 15 is 0 Å². The van der Waals surface area contributed by atoms with Crippen LogP contribution in [0.5, 0.6) is 0 Å². The first-order chi connectivity index (χ1) is 10.6. The molecule has 0 radical (unpaired) electrons. The standard InChI is InChI=1S/C19H17ClN2/c1-22(2)15-10-7-14(8-11-15)9-12-16-17-5-3-4-6-19(17)21-13-18(16)20/h3-13H,1-2H3. The first kappa shape index (κ1) is 14.6. The molecule has 110 valence electrons. The predicted molar refractivity (Wildman–Crippen MR) is 96.5 cm³/mol. The average molecular weight is 309 g/mol. The number of benzene rings is 2. The zero-order chi connectivity index (χ0) is 15.5. The minimum atomic E-state index is 0.667. The van der Waals surface area contributed by atoms with Crippen LogP contribution in [-0.2, 0) is 0 Å². The van der Waals surface area contributed by atoms with Crippen molar-refractivity contribution in [1.29, 1.82) is 0 Å². The van der Waals surface area contributed by atoms with Crippen molar-refractivity contribution >= 4 is 40.3 Å². The molecule has 22 heavy (non-hydrogen) atoms. The summed E-state index contributed by atoms with van der Waals surface area (Å²) in [7, 11) is 4.07. The van der Waals surface area contributed by atoms with Gasteiger partial charge in [-0.05, 0) is 23.8 Å². The lowest BCUT2D eigenvalue weighted by Crippen LogP contribution is -2.07. The van der Waals surface area contributed by atoms with E-state index in [0.29, 0.717) is 5.02 Å². The Bertz CT molecular complexity index is 820. The van der Waals surface area contributed by atoms with E-state index < -0.39 is 0 Å². The molecule has 0 N–H and O–H groups in total. The van der Waals surface area contributed by atoms with Crippen LogP contribution in [0.4, 0.5) is 5.69 Å². The van der Waals surface area contributed by atoms with Gasteiger partial charge in [0.15, 0.2) is 0 Å². The average Bonchev–Trinajstić information content (AvgIpc) is 2.54. The van der Waals surface area contributed by atoms with Gasteiger partial charge in [-0.3, -0.25) is 4.98 Å². The summed E-state index contributed by atoms with van der Waals surface area (Å²) in [6.45, 7) is 0. The second kappa shape index (κ2) is 6.20. The highest BCUT2D eigenvalue weighted by Crippen LogP contribution is 2.26. The molecule has 0 bridgehead atoms. The van der Waals surface area contributed by atoms with Crippen molar-refractivity contribution in [1.82, 2.24) is 4.98 Å². The summed E-state index contributed by atoms with van der Waals surface area (Å²) < 4.78 is 0. The normalized spacial score (nSPS) is 11.2. The molecule has 0 aliphatic carbocycles. The number of aromatic nitrogens is 1. The molecule has 0 aliphatic heterocycles.